The van der Waals surface area contributed by atoms with E-state index in [4.69, 9.17) is 9.15 Å². The molecule has 0 N–H and O–H groups in total. The molecule has 5 nitrogen and oxygen atoms in total. The zero-order valence-electron chi connectivity index (χ0n) is 17.4. The lowest BCUT2D eigenvalue weighted by Crippen LogP contribution is -2.34. The molecule has 2 aliphatic heterocycles. The van der Waals surface area contributed by atoms with Crippen LogP contribution in [0.2, 0.25) is 0 Å². The van der Waals surface area contributed by atoms with Crippen LogP contribution in [0.4, 0.5) is 0 Å². The first-order chi connectivity index (χ1) is 15.2. The second kappa shape index (κ2) is 8.73. The second-order valence-corrected chi connectivity index (χ2v) is 9.20. The molecule has 1 aromatic heterocycles. The van der Waals surface area contributed by atoms with E-state index in [-0.39, 0.29) is 5.56 Å². The van der Waals surface area contributed by atoms with Gasteiger partial charge in [-0.2, -0.15) is 4.98 Å². The Balaban J connectivity index is 1.69. The molecule has 158 valence electrons. The van der Waals surface area contributed by atoms with Gasteiger partial charge in [-0.05, 0) is 12.0 Å². The number of thioether (sulfide) groups is 1. The molecule has 2 aliphatic rings. The molecule has 0 radical (unpaired) electrons. The minimum atomic E-state index is -0.260. The van der Waals surface area contributed by atoms with Crippen molar-refractivity contribution in [3.05, 3.63) is 81.9 Å². The van der Waals surface area contributed by atoms with Gasteiger partial charge in [-0.25, -0.2) is 0 Å². The number of benzene rings is 2. The van der Waals surface area contributed by atoms with Gasteiger partial charge in [-0.15, -0.1) is 11.8 Å². The van der Waals surface area contributed by atoms with E-state index in [1.807, 2.05) is 72.4 Å². The standard InChI is InChI=1S/C25H24N2O3S/c1-17-16-20(25(31-17)27-12-14-29-15-13-27)24-26-23(28)21(18-8-4-2-5-9-18)22(30-24)19-10-6-3-7-11-19/h2-11,17H,12-16H2,1H3. The molecule has 31 heavy (non-hydrogen) atoms. The Hall–Kier alpha value is -2.83. The number of ether oxygens (including phenoxy) is 1. The maximum Gasteiger partial charge on any atom is 0.284 e. The van der Waals surface area contributed by atoms with Crippen LogP contribution in [-0.2, 0) is 4.74 Å². The lowest BCUT2D eigenvalue weighted by Gasteiger charge is -2.30. The summed E-state index contributed by atoms with van der Waals surface area (Å²) < 4.78 is 12.0. The first kappa shape index (κ1) is 20.1. The third-order valence-corrected chi connectivity index (χ3v) is 6.86. The largest absolute Gasteiger partial charge is 0.437 e. The third-order valence-electron chi connectivity index (χ3n) is 5.56. The van der Waals surface area contributed by atoms with Gasteiger partial charge in [-0.3, -0.25) is 4.79 Å². The molecule has 2 aromatic carbocycles. The second-order valence-electron chi connectivity index (χ2n) is 7.78. The molecule has 3 heterocycles. The fourth-order valence-electron chi connectivity index (χ4n) is 4.09. The molecule has 0 saturated carbocycles. The first-order valence-electron chi connectivity index (χ1n) is 10.6. The van der Waals surface area contributed by atoms with Crippen LogP contribution in [0.3, 0.4) is 0 Å². The van der Waals surface area contributed by atoms with Crippen molar-refractivity contribution in [1.29, 1.82) is 0 Å². The molecular weight excluding hydrogens is 408 g/mol. The number of allylic oxidation sites excluding steroid dienone is 1. The van der Waals surface area contributed by atoms with Crippen LogP contribution in [0, 0.1) is 0 Å². The minimum Gasteiger partial charge on any atom is -0.437 e. The van der Waals surface area contributed by atoms with Gasteiger partial charge in [0.25, 0.3) is 5.56 Å². The van der Waals surface area contributed by atoms with Crippen LogP contribution in [-0.4, -0.2) is 41.4 Å². The lowest BCUT2D eigenvalue weighted by molar-refractivity contribution is 0.0579. The molecule has 0 bridgehead atoms. The highest BCUT2D eigenvalue weighted by Gasteiger charge is 2.31. The summed E-state index contributed by atoms with van der Waals surface area (Å²) in [7, 11) is 0. The number of morpholine rings is 1. The summed E-state index contributed by atoms with van der Waals surface area (Å²) in [5.41, 5.74) is 2.95. The Morgan fingerprint density at radius 1 is 0.968 bits per heavy atom. The molecule has 0 spiro atoms. The number of rotatable bonds is 4. The van der Waals surface area contributed by atoms with E-state index in [0.717, 1.165) is 41.2 Å². The first-order valence-corrected chi connectivity index (χ1v) is 11.5. The average Bonchev–Trinajstić information content (AvgIpc) is 3.22. The van der Waals surface area contributed by atoms with Crippen LogP contribution in [0.1, 0.15) is 19.2 Å². The summed E-state index contributed by atoms with van der Waals surface area (Å²) in [6.07, 6.45) is 0.826. The maximum atomic E-state index is 13.3. The summed E-state index contributed by atoms with van der Waals surface area (Å²) in [5.74, 6) is 1.00. The van der Waals surface area contributed by atoms with Gasteiger partial charge in [0.2, 0.25) is 5.89 Å². The van der Waals surface area contributed by atoms with Gasteiger partial charge in [-0.1, -0.05) is 67.6 Å². The van der Waals surface area contributed by atoms with Gasteiger partial charge >= 0.3 is 0 Å². The van der Waals surface area contributed by atoms with Crippen molar-refractivity contribution < 1.29 is 9.15 Å². The van der Waals surface area contributed by atoms with Crippen molar-refractivity contribution in [3.8, 4) is 22.5 Å². The molecule has 1 atom stereocenters. The van der Waals surface area contributed by atoms with Gasteiger partial charge < -0.3 is 14.1 Å². The number of hydrogen-bond donors (Lipinski definition) is 0. The van der Waals surface area contributed by atoms with E-state index < -0.39 is 0 Å². The normalized spacial score (nSPS) is 19.1. The van der Waals surface area contributed by atoms with E-state index in [1.165, 1.54) is 0 Å². The van der Waals surface area contributed by atoms with Crippen molar-refractivity contribution in [2.24, 2.45) is 0 Å². The predicted molar refractivity (Wildman–Crippen MR) is 125 cm³/mol. The monoisotopic (exact) mass is 432 g/mol. The molecular formula is C25H24N2O3S. The number of nitrogens with zero attached hydrogens (tertiary/aromatic N) is 2. The summed E-state index contributed by atoms with van der Waals surface area (Å²) in [5, 5.41) is 1.58. The van der Waals surface area contributed by atoms with Gasteiger partial charge in [0, 0.05) is 29.5 Å². The molecule has 0 aliphatic carbocycles. The van der Waals surface area contributed by atoms with E-state index >= 15 is 0 Å². The molecule has 1 unspecified atom stereocenters. The predicted octanol–water partition coefficient (Wildman–Crippen LogP) is 4.90. The SMILES string of the molecule is CC1CC(c2nc(=O)c(-c3ccccc3)c(-c3ccccc3)o2)=C(N2CCOCC2)S1. The summed E-state index contributed by atoms with van der Waals surface area (Å²) in [4.78, 5) is 20.1. The fraction of sp³-hybridized carbons (Fsp3) is 0.280. The van der Waals surface area contributed by atoms with Gasteiger partial charge in [0.1, 0.15) is 5.76 Å². The molecule has 6 heteroatoms. The van der Waals surface area contributed by atoms with Crippen molar-refractivity contribution in [3.63, 3.8) is 0 Å². The maximum absolute atomic E-state index is 13.3. The van der Waals surface area contributed by atoms with Crippen molar-refractivity contribution >= 4 is 17.3 Å². The summed E-state index contributed by atoms with van der Waals surface area (Å²) in [6, 6.07) is 19.4. The van der Waals surface area contributed by atoms with E-state index in [0.29, 0.717) is 35.7 Å². The minimum absolute atomic E-state index is 0.260. The molecule has 1 fully saturated rings. The van der Waals surface area contributed by atoms with E-state index in [1.54, 1.807) is 0 Å². The Kier molecular flexibility index (Phi) is 5.66. The molecule has 3 aromatic rings. The van der Waals surface area contributed by atoms with E-state index in [2.05, 4.69) is 16.8 Å². The van der Waals surface area contributed by atoms with Gasteiger partial charge in [0.05, 0.1) is 23.8 Å². The van der Waals surface area contributed by atoms with Crippen molar-refractivity contribution in [2.45, 2.75) is 18.6 Å². The Morgan fingerprint density at radius 2 is 1.61 bits per heavy atom. The Morgan fingerprint density at radius 3 is 2.29 bits per heavy atom. The van der Waals surface area contributed by atoms with Crippen LogP contribution in [0.25, 0.3) is 28.0 Å². The highest BCUT2D eigenvalue weighted by Crippen LogP contribution is 2.44. The van der Waals surface area contributed by atoms with E-state index in [9.17, 15) is 4.79 Å². The molecule has 0 amide bonds. The molecule has 5 rings (SSSR count). The van der Waals surface area contributed by atoms with Crippen LogP contribution < -0.4 is 5.56 Å². The van der Waals surface area contributed by atoms with Crippen LogP contribution >= 0.6 is 11.8 Å². The smallest absolute Gasteiger partial charge is 0.284 e. The third kappa shape index (κ3) is 4.05. The summed E-state index contributed by atoms with van der Waals surface area (Å²) >= 11 is 1.83. The highest BCUT2D eigenvalue weighted by molar-refractivity contribution is 8.04. The topological polar surface area (TPSA) is 55.6 Å². The van der Waals surface area contributed by atoms with Crippen LogP contribution in [0.5, 0.6) is 0 Å². The van der Waals surface area contributed by atoms with Gasteiger partial charge in [0.15, 0.2) is 0 Å². The van der Waals surface area contributed by atoms with Crippen LogP contribution in [0.15, 0.2) is 74.9 Å². The lowest BCUT2D eigenvalue weighted by atomic mass is 10.0. The average molecular weight is 433 g/mol. The zero-order chi connectivity index (χ0) is 21.2. The van der Waals surface area contributed by atoms with Crippen molar-refractivity contribution in [1.82, 2.24) is 9.88 Å². The zero-order valence-corrected chi connectivity index (χ0v) is 18.2. The fourth-order valence-corrected chi connectivity index (χ4v) is 5.36. The summed E-state index contributed by atoms with van der Waals surface area (Å²) in [6.45, 7) is 5.32. The highest BCUT2D eigenvalue weighted by atomic mass is 32.2. The Labute approximate surface area is 185 Å². The number of hydrogen-bond acceptors (Lipinski definition) is 6. The quantitative estimate of drug-likeness (QED) is 0.585. The Bertz CT molecular complexity index is 1150. The number of aromatic nitrogens is 1. The molecule has 1 saturated heterocycles. The van der Waals surface area contributed by atoms with Crippen molar-refractivity contribution in [2.75, 3.05) is 26.3 Å².